The second kappa shape index (κ2) is 10.8. The van der Waals surface area contributed by atoms with E-state index in [2.05, 4.69) is 32.3 Å². The number of β-amino-alcohol motifs (C(OH)–C–C–N with tert-alkyl or cyclic N) is 1. The Morgan fingerprint density at radius 1 is 1.23 bits per heavy atom. The number of imidazole rings is 1. The fourth-order valence-corrected chi connectivity index (χ4v) is 6.38. The van der Waals surface area contributed by atoms with E-state index in [0.717, 1.165) is 49.4 Å². The number of likely N-dealkylation sites (tertiary alicyclic amines) is 1. The molecule has 2 N–H and O–H groups in total. The van der Waals surface area contributed by atoms with Crippen molar-refractivity contribution in [1.29, 1.82) is 0 Å². The number of benzene rings is 1. The van der Waals surface area contributed by atoms with Crippen molar-refractivity contribution in [1.82, 2.24) is 24.3 Å². The Morgan fingerprint density at radius 3 is 2.80 bits per heavy atom. The van der Waals surface area contributed by atoms with E-state index in [-0.39, 0.29) is 23.2 Å². The van der Waals surface area contributed by atoms with Gasteiger partial charge < -0.3 is 24.6 Å². The second-order valence-electron chi connectivity index (χ2n) is 11.3. The Hall–Kier alpha value is -3.50. The molecular formula is C30H37FN6O3. The highest BCUT2D eigenvalue weighted by Crippen LogP contribution is 2.54. The van der Waals surface area contributed by atoms with Gasteiger partial charge in [0, 0.05) is 81.3 Å². The molecule has 1 atom stereocenters. The van der Waals surface area contributed by atoms with Gasteiger partial charge in [0.25, 0.3) is 5.91 Å². The van der Waals surface area contributed by atoms with Gasteiger partial charge in [-0.1, -0.05) is 6.07 Å². The Labute approximate surface area is 234 Å². The maximum Gasteiger partial charge on any atom is 0.254 e. The monoisotopic (exact) mass is 548 g/mol. The first kappa shape index (κ1) is 26.7. The van der Waals surface area contributed by atoms with Gasteiger partial charge in [0.05, 0.1) is 25.5 Å². The number of nitrogens with zero attached hydrogens (tertiary/aromatic N) is 5. The minimum atomic E-state index is -0.476. The van der Waals surface area contributed by atoms with Gasteiger partial charge >= 0.3 is 0 Å². The van der Waals surface area contributed by atoms with Crippen LogP contribution in [0.25, 0.3) is 0 Å². The van der Waals surface area contributed by atoms with E-state index < -0.39 is 5.82 Å². The first-order valence-electron chi connectivity index (χ1n) is 14.2. The van der Waals surface area contributed by atoms with Gasteiger partial charge in [-0.05, 0) is 48.9 Å². The van der Waals surface area contributed by atoms with Crippen molar-refractivity contribution in [3.8, 4) is 5.75 Å². The fourth-order valence-electron chi connectivity index (χ4n) is 6.38. The number of hydrogen-bond donors (Lipinski definition) is 2. The van der Waals surface area contributed by atoms with Crippen molar-refractivity contribution in [2.45, 2.75) is 57.2 Å². The van der Waals surface area contributed by atoms with Crippen LogP contribution in [0.4, 0.5) is 10.3 Å². The normalized spacial score (nSPS) is 19.8. The summed E-state index contributed by atoms with van der Waals surface area (Å²) in [5, 5.41) is 13.3. The molecule has 9 nitrogen and oxygen atoms in total. The molecule has 212 valence electrons. The van der Waals surface area contributed by atoms with Crippen molar-refractivity contribution in [2.75, 3.05) is 45.2 Å². The van der Waals surface area contributed by atoms with Crippen molar-refractivity contribution >= 4 is 11.9 Å². The van der Waals surface area contributed by atoms with Crippen molar-refractivity contribution in [2.24, 2.45) is 0 Å². The third-order valence-corrected chi connectivity index (χ3v) is 8.42. The molecule has 3 aromatic rings. The SMILES string of the molecule is CCOc1cc(CCN2CC3(CC3)c3c(CN4CC[C@@H](O)C4)cc(Cn4ccnc4NC)cc3C2=O)ncc1F. The fraction of sp³-hybridized carbons (Fsp3) is 0.500. The topological polar surface area (TPSA) is 95.7 Å². The Bertz CT molecular complexity index is 1400. The number of hydrogen-bond acceptors (Lipinski definition) is 7. The first-order chi connectivity index (χ1) is 19.4. The van der Waals surface area contributed by atoms with Crippen LogP contribution in [0.5, 0.6) is 5.75 Å². The third kappa shape index (κ3) is 5.17. The van der Waals surface area contributed by atoms with Crippen LogP contribution in [0.2, 0.25) is 0 Å². The van der Waals surface area contributed by atoms with E-state index in [1.165, 1.54) is 17.3 Å². The molecule has 1 aliphatic carbocycles. The summed E-state index contributed by atoms with van der Waals surface area (Å²) in [5.74, 6) is 0.522. The smallest absolute Gasteiger partial charge is 0.254 e. The van der Waals surface area contributed by atoms with E-state index in [1.54, 1.807) is 12.3 Å². The zero-order valence-electron chi connectivity index (χ0n) is 23.2. The van der Waals surface area contributed by atoms with E-state index >= 15 is 0 Å². The molecule has 0 bridgehead atoms. The minimum absolute atomic E-state index is 0.0312. The van der Waals surface area contributed by atoms with Crippen LogP contribution in [-0.4, -0.2) is 81.3 Å². The summed E-state index contributed by atoms with van der Waals surface area (Å²) in [7, 11) is 1.85. The van der Waals surface area contributed by atoms with Crippen LogP contribution in [0.15, 0.2) is 36.8 Å². The molecule has 1 aromatic carbocycles. The molecule has 1 saturated heterocycles. The number of carbonyl (C=O) groups is 1. The van der Waals surface area contributed by atoms with E-state index in [1.807, 2.05) is 29.6 Å². The van der Waals surface area contributed by atoms with Gasteiger partial charge in [0.1, 0.15) is 0 Å². The van der Waals surface area contributed by atoms with Gasteiger partial charge in [-0.3, -0.25) is 14.7 Å². The predicted molar refractivity (Wildman–Crippen MR) is 149 cm³/mol. The number of amides is 1. The number of anilines is 1. The maximum absolute atomic E-state index is 14.0. The lowest BCUT2D eigenvalue weighted by molar-refractivity contribution is 0.0713. The summed E-state index contributed by atoms with van der Waals surface area (Å²) < 4.78 is 21.5. The summed E-state index contributed by atoms with van der Waals surface area (Å²) in [5.41, 5.74) is 4.89. The number of halogens is 1. The molecule has 10 heteroatoms. The number of aromatic nitrogens is 3. The quantitative estimate of drug-likeness (QED) is 0.402. The van der Waals surface area contributed by atoms with Gasteiger partial charge in [-0.15, -0.1) is 0 Å². The van der Waals surface area contributed by atoms with Crippen LogP contribution in [0, 0.1) is 5.82 Å². The van der Waals surface area contributed by atoms with Gasteiger partial charge in [-0.2, -0.15) is 0 Å². The molecule has 4 heterocycles. The number of aliphatic hydroxyl groups excluding tert-OH is 1. The maximum atomic E-state index is 14.0. The molecule has 6 rings (SSSR count). The van der Waals surface area contributed by atoms with E-state index in [4.69, 9.17) is 4.74 Å². The summed E-state index contributed by atoms with van der Waals surface area (Å²) in [6, 6.07) is 5.96. The number of rotatable bonds is 10. The van der Waals surface area contributed by atoms with Crippen LogP contribution in [0.3, 0.4) is 0 Å². The lowest BCUT2D eigenvalue weighted by Crippen LogP contribution is -2.45. The molecule has 0 unspecified atom stereocenters. The van der Waals surface area contributed by atoms with Crippen molar-refractivity contribution in [3.63, 3.8) is 0 Å². The zero-order valence-corrected chi connectivity index (χ0v) is 23.2. The molecule has 1 saturated carbocycles. The average Bonchev–Trinajstić information content (AvgIpc) is 3.34. The number of pyridine rings is 1. The summed E-state index contributed by atoms with van der Waals surface area (Å²) >= 11 is 0. The number of nitrogens with one attached hydrogen (secondary N) is 1. The molecule has 0 radical (unpaired) electrons. The number of carbonyl (C=O) groups excluding carboxylic acids is 1. The molecule has 1 amide bonds. The van der Waals surface area contributed by atoms with Crippen LogP contribution >= 0.6 is 0 Å². The molecule has 3 aliphatic rings. The number of aliphatic hydroxyl groups is 1. The molecular weight excluding hydrogens is 511 g/mol. The Kier molecular flexibility index (Phi) is 7.22. The molecule has 2 fully saturated rings. The summed E-state index contributed by atoms with van der Waals surface area (Å²) in [6.07, 6.45) is 8.01. The summed E-state index contributed by atoms with van der Waals surface area (Å²) in [6.45, 7) is 6.22. The molecule has 2 aliphatic heterocycles. The van der Waals surface area contributed by atoms with Crippen LogP contribution in [-0.2, 0) is 24.9 Å². The predicted octanol–water partition coefficient (Wildman–Crippen LogP) is 3.20. The highest BCUT2D eigenvalue weighted by Gasteiger charge is 2.52. The van der Waals surface area contributed by atoms with E-state index in [0.29, 0.717) is 44.9 Å². The highest BCUT2D eigenvalue weighted by atomic mass is 19.1. The van der Waals surface area contributed by atoms with Crippen LogP contribution < -0.4 is 10.1 Å². The van der Waals surface area contributed by atoms with Crippen LogP contribution in [0.1, 0.15) is 58.9 Å². The zero-order chi connectivity index (χ0) is 27.9. The third-order valence-electron chi connectivity index (χ3n) is 8.42. The van der Waals surface area contributed by atoms with Gasteiger partial charge in [0.15, 0.2) is 11.6 Å². The molecule has 2 aromatic heterocycles. The van der Waals surface area contributed by atoms with Crippen molar-refractivity contribution < 1.29 is 19.0 Å². The standard InChI is InChI=1S/C30H37FN6O3/c1-3-40-26-14-22(34-15-25(26)31)4-10-37-19-30(6-7-30)27-21(17-35-9-5-23(38)18-35)12-20(13-24(27)28(37)39)16-36-11-8-33-29(36)32-2/h8,11-15,23,38H,3-7,9-10,16-19H2,1-2H3,(H,32,33)/t23-/m1/s1. The largest absolute Gasteiger partial charge is 0.491 e. The molecule has 40 heavy (non-hydrogen) atoms. The first-order valence-corrected chi connectivity index (χ1v) is 14.2. The lowest BCUT2D eigenvalue weighted by atomic mass is 9.81. The molecule has 1 spiro atoms. The van der Waals surface area contributed by atoms with Gasteiger partial charge in [0.2, 0.25) is 5.95 Å². The highest BCUT2D eigenvalue weighted by molar-refractivity contribution is 5.98. The average molecular weight is 549 g/mol. The van der Waals surface area contributed by atoms with E-state index in [9.17, 15) is 14.3 Å². The lowest BCUT2D eigenvalue weighted by Gasteiger charge is -2.37. The number of fused-ring (bicyclic) bond motifs is 2. The Morgan fingerprint density at radius 2 is 2.08 bits per heavy atom. The summed E-state index contributed by atoms with van der Waals surface area (Å²) in [4.78, 5) is 26.9. The van der Waals surface area contributed by atoms with Crippen molar-refractivity contribution in [3.05, 3.63) is 70.6 Å². The minimum Gasteiger partial charge on any atom is -0.491 e. The Balaban J connectivity index is 1.31. The van der Waals surface area contributed by atoms with Gasteiger partial charge in [-0.25, -0.2) is 9.37 Å². The second-order valence-corrected chi connectivity index (χ2v) is 11.3. The number of ether oxygens (including phenoxy) is 1.